The fourth-order valence-corrected chi connectivity index (χ4v) is 1.95. The van der Waals surface area contributed by atoms with E-state index < -0.39 is 5.91 Å². The van der Waals surface area contributed by atoms with Gasteiger partial charge in [-0.25, -0.2) is 0 Å². The zero-order valence-electron chi connectivity index (χ0n) is 13.0. The number of hydrogen-bond acceptors (Lipinski definition) is 5. The first-order valence-electron chi connectivity index (χ1n) is 7.15. The van der Waals surface area contributed by atoms with Crippen molar-refractivity contribution in [3.05, 3.63) is 59.7 Å². The van der Waals surface area contributed by atoms with Gasteiger partial charge in [0.05, 0.1) is 13.7 Å². The minimum Gasteiger partial charge on any atom is -0.508 e. The van der Waals surface area contributed by atoms with Crippen molar-refractivity contribution >= 4 is 17.8 Å². The molecule has 3 N–H and O–H groups in total. The summed E-state index contributed by atoms with van der Waals surface area (Å²) in [5.74, 6) is -0.293. The second-order valence-electron chi connectivity index (χ2n) is 4.95. The molecular formula is C18H17NO5. The molecule has 124 valence electrons. The summed E-state index contributed by atoms with van der Waals surface area (Å²) in [4.78, 5) is 23.6. The van der Waals surface area contributed by atoms with E-state index in [2.05, 4.69) is 5.32 Å². The molecule has 0 saturated heterocycles. The molecule has 0 aliphatic heterocycles. The van der Waals surface area contributed by atoms with Crippen molar-refractivity contribution in [2.24, 2.45) is 0 Å². The third-order valence-electron chi connectivity index (χ3n) is 3.24. The second-order valence-corrected chi connectivity index (χ2v) is 4.95. The van der Waals surface area contributed by atoms with Gasteiger partial charge in [0, 0.05) is 11.6 Å². The number of aromatic hydroxyl groups is 2. The third kappa shape index (κ3) is 4.61. The van der Waals surface area contributed by atoms with Gasteiger partial charge in [0.25, 0.3) is 0 Å². The Balaban J connectivity index is 1.91. The van der Waals surface area contributed by atoms with Crippen LogP contribution in [0.3, 0.4) is 0 Å². The summed E-state index contributed by atoms with van der Waals surface area (Å²) in [5.41, 5.74) is 1.07. The van der Waals surface area contributed by atoms with Gasteiger partial charge in [-0.2, -0.15) is 0 Å². The maximum atomic E-state index is 11.9. The lowest BCUT2D eigenvalue weighted by atomic mass is 10.1. The van der Waals surface area contributed by atoms with Crippen molar-refractivity contribution in [1.82, 2.24) is 5.32 Å². The summed E-state index contributed by atoms with van der Waals surface area (Å²) in [6.45, 7) is -0.146. The zero-order valence-corrected chi connectivity index (χ0v) is 13.0. The van der Waals surface area contributed by atoms with Gasteiger partial charge in [0.15, 0.2) is 17.3 Å². The van der Waals surface area contributed by atoms with Gasteiger partial charge < -0.3 is 20.3 Å². The highest BCUT2D eigenvalue weighted by molar-refractivity contribution is 6.01. The van der Waals surface area contributed by atoms with E-state index in [1.807, 2.05) is 0 Å². The molecule has 0 fully saturated rings. The highest BCUT2D eigenvalue weighted by Crippen LogP contribution is 2.26. The van der Waals surface area contributed by atoms with E-state index in [1.165, 1.54) is 43.5 Å². The largest absolute Gasteiger partial charge is 0.508 e. The smallest absolute Gasteiger partial charge is 0.244 e. The molecule has 0 heterocycles. The molecule has 2 aromatic rings. The predicted octanol–water partition coefficient (Wildman–Crippen LogP) is 2.12. The molecule has 0 atom stereocenters. The quantitative estimate of drug-likeness (QED) is 0.558. The first-order chi connectivity index (χ1) is 11.5. The molecule has 2 aromatic carbocycles. The maximum absolute atomic E-state index is 11.9. The Morgan fingerprint density at radius 1 is 1.12 bits per heavy atom. The molecule has 0 saturated carbocycles. The van der Waals surface area contributed by atoms with E-state index in [1.54, 1.807) is 18.2 Å². The molecule has 0 spiro atoms. The number of benzene rings is 2. The number of hydrogen-bond donors (Lipinski definition) is 3. The van der Waals surface area contributed by atoms with E-state index in [4.69, 9.17) is 4.74 Å². The predicted molar refractivity (Wildman–Crippen MR) is 89.1 cm³/mol. The molecule has 0 aliphatic rings. The molecule has 2 rings (SSSR count). The van der Waals surface area contributed by atoms with Crippen LogP contribution in [0.1, 0.15) is 15.9 Å². The Kier molecular flexibility index (Phi) is 5.57. The van der Waals surface area contributed by atoms with Crippen molar-refractivity contribution in [1.29, 1.82) is 0 Å². The Morgan fingerprint density at radius 3 is 2.50 bits per heavy atom. The number of nitrogens with one attached hydrogen (secondary N) is 1. The van der Waals surface area contributed by atoms with Gasteiger partial charge in [-0.3, -0.25) is 9.59 Å². The van der Waals surface area contributed by atoms with Crippen LogP contribution >= 0.6 is 0 Å². The lowest BCUT2D eigenvalue weighted by Gasteiger charge is -2.04. The first kappa shape index (κ1) is 17.1. The number of ether oxygens (including phenoxy) is 1. The normalized spacial score (nSPS) is 10.5. The molecule has 24 heavy (non-hydrogen) atoms. The van der Waals surface area contributed by atoms with Crippen LogP contribution in [0.4, 0.5) is 0 Å². The monoisotopic (exact) mass is 327 g/mol. The van der Waals surface area contributed by atoms with E-state index in [0.717, 1.165) is 0 Å². The van der Waals surface area contributed by atoms with Crippen molar-refractivity contribution in [2.75, 3.05) is 13.7 Å². The summed E-state index contributed by atoms with van der Waals surface area (Å²) < 4.78 is 4.98. The highest BCUT2D eigenvalue weighted by Gasteiger charge is 2.07. The Morgan fingerprint density at radius 2 is 1.83 bits per heavy atom. The zero-order chi connectivity index (χ0) is 17.5. The fraction of sp³-hybridized carbons (Fsp3) is 0.111. The van der Waals surface area contributed by atoms with Crippen LogP contribution in [0, 0.1) is 0 Å². The van der Waals surface area contributed by atoms with Crippen molar-refractivity contribution in [3.63, 3.8) is 0 Å². The van der Waals surface area contributed by atoms with Crippen LogP contribution in [0.2, 0.25) is 0 Å². The number of phenols is 2. The van der Waals surface area contributed by atoms with Gasteiger partial charge in [-0.05, 0) is 48.0 Å². The molecule has 0 unspecified atom stereocenters. The van der Waals surface area contributed by atoms with Crippen LogP contribution in [0.5, 0.6) is 17.2 Å². The third-order valence-corrected chi connectivity index (χ3v) is 3.24. The van der Waals surface area contributed by atoms with Crippen LogP contribution in [-0.4, -0.2) is 35.6 Å². The summed E-state index contributed by atoms with van der Waals surface area (Å²) in [6.07, 6.45) is 2.83. The van der Waals surface area contributed by atoms with Crippen LogP contribution in [0.25, 0.3) is 6.08 Å². The number of methoxy groups -OCH3 is 1. The molecule has 0 aromatic heterocycles. The molecule has 1 amide bonds. The van der Waals surface area contributed by atoms with E-state index in [0.29, 0.717) is 16.9 Å². The van der Waals surface area contributed by atoms with Crippen LogP contribution in [-0.2, 0) is 4.79 Å². The molecule has 6 heteroatoms. The number of carbonyl (C=O) groups excluding carboxylic acids is 2. The fourth-order valence-electron chi connectivity index (χ4n) is 1.95. The van der Waals surface area contributed by atoms with Gasteiger partial charge in [0.1, 0.15) is 5.75 Å². The molecule has 0 aliphatic carbocycles. The number of Topliss-reactive ketones (excluding diaryl/α,β-unsaturated/α-hetero) is 1. The molecule has 0 radical (unpaired) electrons. The average molecular weight is 327 g/mol. The van der Waals surface area contributed by atoms with Crippen LogP contribution < -0.4 is 10.1 Å². The summed E-state index contributed by atoms with van der Waals surface area (Å²) >= 11 is 0. The minimum atomic E-state index is -0.422. The number of rotatable bonds is 6. The van der Waals surface area contributed by atoms with Crippen LogP contribution in [0.15, 0.2) is 48.5 Å². The molecular weight excluding hydrogens is 310 g/mol. The number of carbonyl (C=O) groups is 2. The van der Waals surface area contributed by atoms with Crippen molar-refractivity contribution in [3.8, 4) is 17.2 Å². The van der Waals surface area contributed by atoms with E-state index in [-0.39, 0.29) is 23.8 Å². The maximum Gasteiger partial charge on any atom is 0.244 e. The summed E-state index contributed by atoms with van der Waals surface area (Å²) in [5, 5.41) is 21.2. The molecule has 6 nitrogen and oxygen atoms in total. The lowest BCUT2D eigenvalue weighted by molar-refractivity contribution is -0.116. The van der Waals surface area contributed by atoms with Gasteiger partial charge in [-0.15, -0.1) is 0 Å². The second kappa shape index (κ2) is 7.82. The Labute approximate surface area is 139 Å². The van der Waals surface area contributed by atoms with E-state index in [9.17, 15) is 19.8 Å². The molecule has 0 bridgehead atoms. The van der Waals surface area contributed by atoms with Gasteiger partial charge >= 0.3 is 0 Å². The van der Waals surface area contributed by atoms with Gasteiger partial charge in [0.2, 0.25) is 5.91 Å². The lowest BCUT2D eigenvalue weighted by Crippen LogP contribution is -2.27. The summed E-state index contributed by atoms with van der Waals surface area (Å²) in [6, 6.07) is 10.5. The highest BCUT2D eigenvalue weighted by atomic mass is 16.5. The Bertz CT molecular complexity index is 765. The average Bonchev–Trinajstić information content (AvgIpc) is 2.59. The SMILES string of the molecule is COc1cc(/C=C/C(=O)NCC(=O)c2ccc(O)cc2)ccc1O. The summed E-state index contributed by atoms with van der Waals surface area (Å²) in [7, 11) is 1.43. The minimum absolute atomic E-state index is 0.0126. The number of ketones is 1. The first-order valence-corrected chi connectivity index (χ1v) is 7.15. The number of phenolic OH excluding ortho intramolecular Hbond substituents is 2. The topological polar surface area (TPSA) is 95.9 Å². The van der Waals surface area contributed by atoms with E-state index >= 15 is 0 Å². The van der Waals surface area contributed by atoms with Crippen molar-refractivity contribution < 1.29 is 24.5 Å². The standard InChI is InChI=1S/C18H17NO5/c1-24-17-10-12(2-8-15(17)21)3-9-18(23)19-11-16(22)13-4-6-14(20)7-5-13/h2-10,20-21H,11H2,1H3,(H,19,23)/b9-3+. The number of amides is 1. The van der Waals surface area contributed by atoms with Crippen molar-refractivity contribution in [2.45, 2.75) is 0 Å². The Hall–Kier alpha value is -3.28. The van der Waals surface area contributed by atoms with Gasteiger partial charge in [-0.1, -0.05) is 6.07 Å².